The topological polar surface area (TPSA) is 112 Å². The zero-order chi connectivity index (χ0) is 13.6. The average molecular weight is 244 g/mol. The van der Waals surface area contributed by atoms with Crippen LogP contribution in [-0.4, -0.2) is 33.2 Å². The largest absolute Gasteiger partial charge is 0.481 e. The van der Waals surface area contributed by atoms with E-state index in [2.05, 4.69) is 0 Å². The normalized spacial score (nSPS) is 13.8. The second-order valence-electron chi connectivity index (χ2n) is 3.87. The molecule has 0 aliphatic rings. The molecule has 0 amide bonds. The van der Waals surface area contributed by atoms with Crippen molar-refractivity contribution >= 4 is 17.9 Å². The minimum atomic E-state index is -1.15. The van der Waals surface area contributed by atoms with Gasteiger partial charge in [-0.1, -0.05) is 12.5 Å². The molecule has 6 nitrogen and oxygen atoms in total. The number of rotatable bonds is 7. The quantitative estimate of drug-likeness (QED) is 0.583. The first kappa shape index (κ1) is 15.2. The smallest absolute Gasteiger partial charge is 0.331 e. The Hall–Kier alpha value is -1.85. The van der Waals surface area contributed by atoms with E-state index in [1.165, 1.54) is 13.8 Å². The Morgan fingerprint density at radius 1 is 1.06 bits per heavy atom. The number of carboxylic acid groups (broad SMARTS) is 3. The maximum absolute atomic E-state index is 10.8. The number of allylic oxidation sites excluding steroid dienone is 1. The maximum atomic E-state index is 10.8. The number of hydrogen-bond acceptors (Lipinski definition) is 3. The van der Waals surface area contributed by atoms with E-state index < -0.39 is 23.8 Å². The van der Waals surface area contributed by atoms with Gasteiger partial charge in [0.25, 0.3) is 0 Å². The van der Waals surface area contributed by atoms with E-state index in [9.17, 15) is 14.4 Å². The third kappa shape index (κ3) is 5.70. The van der Waals surface area contributed by atoms with Gasteiger partial charge in [-0.15, -0.1) is 0 Å². The van der Waals surface area contributed by atoms with Crippen molar-refractivity contribution in [2.45, 2.75) is 33.1 Å². The molecule has 0 saturated carbocycles. The second kappa shape index (κ2) is 6.67. The summed E-state index contributed by atoms with van der Waals surface area (Å²) in [4.78, 5) is 31.9. The summed E-state index contributed by atoms with van der Waals surface area (Å²) >= 11 is 0. The lowest BCUT2D eigenvalue weighted by molar-refractivity contribution is -0.141. The van der Waals surface area contributed by atoms with Crippen molar-refractivity contribution in [2.75, 3.05) is 0 Å². The van der Waals surface area contributed by atoms with Gasteiger partial charge in [0.1, 0.15) is 0 Å². The Bertz CT molecular complexity index is 355. The first-order chi connectivity index (χ1) is 7.75. The van der Waals surface area contributed by atoms with Gasteiger partial charge in [0.15, 0.2) is 0 Å². The maximum Gasteiger partial charge on any atom is 0.331 e. The number of hydrogen-bond donors (Lipinski definition) is 3. The van der Waals surface area contributed by atoms with Crippen molar-refractivity contribution in [3.63, 3.8) is 0 Å². The van der Waals surface area contributed by atoms with Crippen LogP contribution in [0.2, 0.25) is 0 Å². The van der Waals surface area contributed by atoms with Crippen molar-refractivity contribution in [2.24, 2.45) is 5.92 Å². The monoisotopic (exact) mass is 244 g/mol. The molecular weight excluding hydrogens is 228 g/mol. The molecule has 1 atom stereocenters. The summed E-state index contributed by atoms with van der Waals surface area (Å²) in [5.74, 6) is -3.95. The van der Waals surface area contributed by atoms with Crippen LogP contribution in [0.1, 0.15) is 33.1 Å². The third-order valence-electron chi connectivity index (χ3n) is 2.47. The van der Waals surface area contributed by atoms with Crippen molar-refractivity contribution < 1.29 is 29.7 Å². The fourth-order valence-electron chi connectivity index (χ4n) is 1.31. The molecule has 0 aliphatic carbocycles. The molecule has 0 radical (unpaired) electrons. The Morgan fingerprint density at radius 3 is 1.94 bits per heavy atom. The predicted molar refractivity (Wildman–Crippen MR) is 58.6 cm³/mol. The van der Waals surface area contributed by atoms with Crippen LogP contribution < -0.4 is 0 Å². The predicted octanol–water partition coefficient (Wildman–Crippen LogP) is 1.36. The van der Waals surface area contributed by atoms with Gasteiger partial charge in [0.2, 0.25) is 0 Å². The summed E-state index contributed by atoms with van der Waals surface area (Å²) in [5.41, 5.74) is 0.397. The van der Waals surface area contributed by atoms with E-state index in [0.29, 0.717) is 5.57 Å². The minimum Gasteiger partial charge on any atom is -0.481 e. The molecule has 17 heavy (non-hydrogen) atoms. The van der Waals surface area contributed by atoms with Gasteiger partial charge in [-0.2, -0.15) is 0 Å². The molecule has 0 aromatic rings. The Morgan fingerprint density at radius 2 is 1.59 bits per heavy atom. The van der Waals surface area contributed by atoms with Crippen LogP contribution in [-0.2, 0) is 14.4 Å². The summed E-state index contributed by atoms with van der Waals surface area (Å²) in [7, 11) is 0. The highest BCUT2D eigenvalue weighted by atomic mass is 16.4. The molecule has 1 unspecified atom stereocenters. The molecule has 0 aromatic carbocycles. The van der Waals surface area contributed by atoms with E-state index in [4.69, 9.17) is 15.3 Å². The molecule has 0 heterocycles. The number of carboxylic acids is 3. The van der Waals surface area contributed by atoms with E-state index in [-0.39, 0.29) is 24.8 Å². The molecule has 96 valence electrons. The van der Waals surface area contributed by atoms with Gasteiger partial charge in [0, 0.05) is 12.0 Å². The molecule has 0 rings (SSSR count). The Kier molecular flexibility index (Phi) is 5.95. The molecule has 0 saturated heterocycles. The average Bonchev–Trinajstić information content (AvgIpc) is 2.22. The highest BCUT2D eigenvalue weighted by molar-refractivity contribution is 5.87. The van der Waals surface area contributed by atoms with Crippen LogP contribution in [0.15, 0.2) is 11.1 Å². The van der Waals surface area contributed by atoms with E-state index >= 15 is 0 Å². The molecule has 6 heteroatoms. The molecule has 0 bridgehead atoms. The number of aliphatic carboxylic acids is 3. The highest BCUT2D eigenvalue weighted by Gasteiger charge is 2.18. The van der Waals surface area contributed by atoms with Gasteiger partial charge in [0.05, 0.1) is 5.92 Å². The Balaban J connectivity index is 4.86. The van der Waals surface area contributed by atoms with E-state index in [1.54, 1.807) is 0 Å². The standard InChI is InChI=1S/C11H16O6/c1-6(10(14)15)5-8(3-4-9(12)13)7(2)11(16)17/h6H,3-5H2,1-2H3,(H,12,13)(H,14,15)(H,16,17). The van der Waals surface area contributed by atoms with Gasteiger partial charge in [-0.05, 0) is 19.8 Å². The molecule has 0 aromatic heterocycles. The zero-order valence-corrected chi connectivity index (χ0v) is 9.77. The lowest BCUT2D eigenvalue weighted by atomic mass is 9.94. The van der Waals surface area contributed by atoms with Gasteiger partial charge in [-0.25, -0.2) is 4.79 Å². The fourth-order valence-corrected chi connectivity index (χ4v) is 1.31. The lowest BCUT2D eigenvalue weighted by Crippen LogP contribution is -2.13. The van der Waals surface area contributed by atoms with E-state index in [1.807, 2.05) is 0 Å². The minimum absolute atomic E-state index is 0.0272. The summed E-state index contributed by atoms with van der Waals surface area (Å²) in [6.45, 7) is 2.81. The van der Waals surface area contributed by atoms with Crippen LogP contribution in [0, 0.1) is 5.92 Å². The van der Waals surface area contributed by atoms with Crippen LogP contribution in [0.5, 0.6) is 0 Å². The third-order valence-corrected chi connectivity index (χ3v) is 2.47. The van der Waals surface area contributed by atoms with Crippen LogP contribution in [0.25, 0.3) is 0 Å². The first-order valence-electron chi connectivity index (χ1n) is 5.12. The van der Waals surface area contributed by atoms with Crippen molar-refractivity contribution in [1.29, 1.82) is 0 Å². The molecule has 0 aliphatic heterocycles. The van der Waals surface area contributed by atoms with Crippen molar-refractivity contribution in [1.82, 2.24) is 0 Å². The van der Waals surface area contributed by atoms with Crippen LogP contribution in [0.3, 0.4) is 0 Å². The van der Waals surface area contributed by atoms with Gasteiger partial charge in [-0.3, -0.25) is 9.59 Å². The summed E-state index contributed by atoms with van der Waals surface area (Å²) in [6.07, 6.45) is -0.0852. The summed E-state index contributed by atoms with van der Waals surface area (Å²) < 4.78 is 0. The highest BCUT2D eigenvalue weighted by Crippen LogP contribution is 2.21. The molecule has 0 fully saturated rings. The van der Waals surface area contributed by atoms with Crippen LogP contribution in [0.4, 0.5) is 0 Å². The lowest BCUT2D eigenvalue weighted by Gasteiger charge is -2.12. The van der Waals surface area contributed by atoms with Crippen LogP contribution >= 0.6 is 0 Å². The molecular formula is C11H16O6. The Labute approximate surface area is 98.6 Å². The van der Waals surface area contributed by atoms with Crippen molar-refractivity contribution in [3.8, 4) is 0 Å². The van der Waals surface area contributed by atoms with Gasteiger partial charge < -0.3 is 15.3 Å². The van der Waals surface area contributed by atoms with E-state index in [0.717, 1.165) is 0 Å². The SMILES string of the molecule is CC(C(=O)O)=C(CCC(=O)O)CC(C)C(=O)O. The first-order valence-corrected chi connectivity index (χ1v) is 5.12. The summed E-state index contributed by atoms with van der Waals surface area (Å²) in [5, 5.41) is 26.1. The second-order valence-corrected chi connectivity index (χ2v) is 3.87. The summed E-state index contributed by atoms with van der Waals surface area (Å²) in [6, 6.07) is 0. The zero-order valence-electron chi connectivity index (χ0n) is 9.77. The molecule has 0 spiro atoms. The fraction of sp³-hybridized carbons (Fsp3) is 0.545. The van der Waals surface area contributed by atoms with Gasteiger partial charge >= 0.3 is 17.9 Å². The molecule has 3 N–H and O–H groups in total. The van der Waals surface area contributed by atoms with Crippen molar-refractivity contribution in [3.05, 3.63) is 11.1 Å². The number of carbonyl (C=O) groups is 3.